The van der Waals surface area contributed by atoms with Crippen LogP contribution in [0.25, 0.3) is 0 Å². The highest BCUT2D eigenvalue weighted by molar-refractivity contribution is 6.62. The minimum absolute atomic E-state index is 0.0158. The Morgan fingerprint density at radius 2 is 1.52 bits per heavy atom. The first-order chi connectivity index (χ1) is 12.4. The quantitative estimate of drug-likeness (QED) is 0.828. The molecule has 0 spiro atoms. The van der Waals surface area contributed by atoms with Gasteiger partial charge in [0.15, 0.2) is 0 Å². The predicted molar refractivity (Wildman–Crippen MR) is 107 cm³/mol. The summed E-state index contributed by atoms with van der Waals surface area (Å²) in [7, 11) is 1.44. The molecule has 1 saturated carbocycles. The van der Waals surface area contributed by atoms with Gasteiger partial charge in [-0.25, -0.2) is 0 Å². The van der Waals surface area contributed by atoms with Gasteiger partial charge in [0.05, 0.1) is 16.8 Å². The van der Waals surface area contributed by atoms with Gasteiger partial charge in [0, 0.05) is 18.7 Å². The number of aliphatic hydroxyl groups is 1. The highest BCUT2D eigenvalue weighted by Crippen LogP contribution is 2.36. The lowest BCUT2D eigenvalue weighted by Crippen LogP contribution is -2.43. The Labute approximate surface area is 163 Å². The molecular formula is C21H32BNO4. The lowest BCUT2D eigenvalue weighted by molar-refractivity contribution is -0.000211. The number of benzene rings is 1. The van der Waals surface area contributed by atoms with E-state index in [0.717, 1.165) is 31.1 Å². The van der Waals surface area contributed by atoms with Gasteiger partial charge in [0.2, 0.25) is 0 Å². The van der Waals surface area contributed by atoms with Gasteiger partial charge in [-0.15, -0.1) is 0 Å². The summed E-state index contributed by atoms with van der Waals surface area (Å²) in [6, 6.07) is 7.70. The largest absolute Gasteiger partial charge is 0.494 e. The highest BCUT2D eigenvalue weighted by atomic mass is 16.7. The van der Waals surface area contributed by atoms with Crippen molar-refractivity contribution < 1.29 is 19.2 Å². The molecule has 2 fully saturated rings. The molecule has 1 saturated heterocycles. The van der Waals surface area contributed by atoms with E-state index in [4.69, 9.17) is 9.31 Å². The topological polar surface area (TPSA) is 59.0 Å². The summed E-state index contributed by atoms with van der Waals surface area (Å²) in [4.78, 5) is 14.7. The Morgan fingerprint density at radius 3 is 2.00 bits per heavy atom. The number of nitrogens with zero attached hydrogens (tertiary/aromatic N) is 1. The second-order valence-corrected chi connectivity index (χ2v) is 9.35. The lowest BCUT2D eigenvalue weighted by Gasteiger charge is -2.37. The van der Waals surface area contributed by atoms with Crippen LogP contribution in [0, 0.1) is 0 Å². The minimum atomic E-state index is -0.592. The fourth-order valence-corrected chi connectivity index (χ4v) is 3.74. The number of hydrogen-bond acceptors (Lipinski definition) is 4. The van der Waals surface area contributed by atoms with E-state index in [2.05, 4.69) is 0 Å². The Balaban J connectivity index is 1.66. The van der Waals surface area contributed by atoms with Gasteiger partial charge in [-0.1, -0.05) is 12.1 Å². The fraction of sp³-hybridized carbons (Fsp3) is 0.667. The van der Waals surface area contributed by atoms with Crippen molar-refractivity contribution in [3.05, 3.63) is 29.8 Å². The maximum Gasteiger partial charge on any atom is 0.494 e. The van der Waals surface area contributed by atoms with E-state index < -0.39 is 12.7 Å². The van der Waals surface area contributed by atoms with E-state index >= 15 is 0 Å². The molecule has 1 aromatic rings. The van der Waals surface area contributed by atoms with Crippen LogP contribution in [0.2, 0.25) is 0 Å². The molecule has 0 bridgehead atoms. The first-order valence-electron chi connectivity index (χ1n) is 9.87. The van der Waals surface area contributed by atoms with E-state index in [1.807, 2.05) is 70.8 Å². The Hall–Kier alpha value is -1.37. The maximum atomic E-state index is 12.8. The summed E-state index contributed by atoms with van der Waals surface area (Å²) in [5.41, 5.74) is 0.227. The molecule has 0 atom stereocenters. The zero-order chi connectivity index (χ0) is 20.0. The summed E-state index contributed by atoms with van der Waals surface area (Å²) in [5.74, 6) is 0.0158. The fourth-order valence-electron chi connectivity index (χ4n) is 3.74. The molecular weight excluding hydrogens is 341 g/mol. The number of amides is 1. The molecule has 1 aliphatic carbocycles. The minimum Gasteiger partial charge on any atom is -0.399 e. The van der Waals surface area contributed by atoms with Crippen molar-refractivity contribution in [3.8, 4) is 0 Å². The summed E-state index contributed by atoms with van der Waals surface area (Å²) >= 11 is 0. The average Bonchev–Trinajstić information content (AvgIpc) is 2.81. The number of carbonyl (C=O) groups is 1. The van der Waals surface area contributed by atoms with Crippen molar-refractivity contribution >= 4 is 18.5 Å². The van der Waals surface area contributed by atoms with Crippen LogP contribution < -0.4 is 5.46 Å². The maximum absolute atomic E-state index is 12.8. The predicted octanol–water partition coefficient (Wildman–Crippen LogP) is 2.75. The van der Waals surface area contributed by atoms with Gasteiger partial charge < -0.3 is 19.3 Å². The van der Waals surface area contributed by atoms with Crippen LogP contribution in [0.3, 0.4) is 0 Å². The van der Waals surface area contributed by atoms with Crippen molar-refractivity contribution in [2.45, 2.75) is 83.1 Å². The third kappa shape index (κ3) is 4.08. The molecule has 0 radical (unpaired) electrons. The first-order valence-corrected chi connectivity index (χ1v) is 9.87. The van der Waals surface area contributed by atoms with Crippen LogP contribution in [0.5, 0.6) is 0 Å². The Bertz CT molecular complexity index is 673. The van der Waals surface area contributed by atoms with Gasteiger partial charge in [0.1, 0.15) is 0 Å². The van der Waals surface area contributed by atoms with Gasteiger partial charge in [-0.2, -0.15) is 0 Å². The zero-order valence-corrected chi connectivity index (χ0v) is 17.4. The Kier molecular flexibility index (Phi) is 5.21. The highest BCUT2D eigenvalue weighted by Gasteiger charge is 2.51. The van der Waals surface area contributed by atoms with Crippen LogP contribution in [-0.4, -0.2) is 52.9 Å². The van der Waals surface area contributed by atoms with Crippen LogP contribution in [0.1, 0.15) is 70.7 Å². The molecule has 1 aliphatic heterocycles. The van der Waals surface area contributed by atoms with Crippen molar-refractivity contribution in [2.75, 3.05) is 7.05 Å². The zero-order valence-electron chi connectivity index (χ0n) is 17.4. The van der Waals surface area contributed by atoms with Crippen LogP contribution in [-0.2, 0) is 9.31 Å². The molecule has 1 aromatic carbocycles. The molecule has 3 rings (SSSR count). The standard InChI is InChI=1S/C21H32BNO4/c1-19(2)20(3,4)27-22(26-19)16-9-7-15(8-10-16)18(24)23(6)17-11-13-21(5,25)14-12-17/h7-10,17,25H,11-14H2,1-6H3/t17-,21+. The smallest absolute Gasteiger partial charge is 0.399 e. The second kappa shape index (κ2) is 6.91. The molecule has 5 nitrogen and oxygen atoms in total. The van der Waals surface area contributed by atoms with Crippen molar-refractivity contribution in [1.29, 1.82) is 0 Å². The molecule has 1 heterocycles. The molecule has 0 unspecified atom stereocenters. The van der Waals surface area contributed by atoms with Crippen molar-refractivity contribution in [3.63, 3.8) is 0 Å². The van der Waals surface area contributed by atoms with Crippen LogP contribution >= 0.6 is 0 Å². The SMILES string of the molecule is CN(C(=O)c1ccc(B2OC(C)(C)C(C)(C)O2)cc1)[C@H]1CC[C@@](C)(O)CC1. The normalized spacial score (nSPS) is 29.6. The average molecular weight is 373 g/mol. The monoisotopic (exact) mass is 373 g/mol. The second-order valence-electron chi connectivity index (χ2n) is 9.35. The molecule has 148 valence electrons. The van der Waals surface area contributed by atoms with E-state index in [1.54, 1.807) is 0 Å². The molecule has 2 aliphatic rings. The summed E-state index contributed by atoms with van der Waals surface area (Å²) in [6.07, 6.45) is 3.13. The van der Waals surface area contributed by atoms with Gasteiger partial charge in [-0.05, 0) is 77.9 Å². The van der Waals surface area contributed by atoms with Crippen molar-refractivity contribution in [1.82, 2.24) is 4.90 Å². The van der Waals surface area contributed by atoms with Gasteiger partial charge in [0.25, 0.3) is 5.91 Å². The lowest BCUT2D eigenvalue weighted by atomic mass is 9.79. The molecule has 27 heavy (non-hydrogen) atoms. The van der Waals surface area contributed by atoms with Crippen molar-refractivity contribution in [2.24, 2.45) is 0 Å². The van der Waals surface area contributed by atoms with E-state index in [9.17, 15) is 9.90 Å². The summed E-state index contributed by atoms with van der Waals surface area (Å²) in [5, 5.41) is 10.1. The molecule has 1 N–H and O–H groups in total. The summed E-state index contributed by atoms with van der Waals surface area (Å²) < 4.78 is 12.1. The van der Waals surface area contributed by atoms with Crippen LogP contribution in [0.4, 0.5) is 0 Å². The van der Waals surface area contributed by atoms with E-state index in [-0.39, 0.29) is 23.2 Å². The van der Waals surface area contributed by atoms with Gasteiger partial charge in [-0.3, -0.25) is 4.79 Å². The molecule has 0 aromatic heterocycles. The molecule has 6 heteroatoms. The van der Waals surface area contributed by atoms with Gasteiger partial charge >= 0.3 is 7.12 Å². The van der Waals surface area contributed by atoms with E-state index in [0.29, 0.717) is 5.56 Å². The third-order valence-electron chi connectivity index (χ3n) is 6.58. The van der Waals surface area contributed by atoms with E-state index in [1.165, 1.54) is 0 Å². The third-order valence-corrected chi connectivity index (χ3v) is 6.58. The summed E-state index contributed by atoms with van der Waals surface area (Å²) in [6.45, 7) is 9.99. The molecule has 1 amide bonds. The van der Waals surface area contributed by atoms with Crippen LogP contribution in [0.15, 0.2) is 24.3 Å². The number of rotatable bonds is 3. The Morgan fingerprint density at radius 1 is 1.04 bits per heavy atom. The number of carbonyl (C=O) groups excluding carboxylic acids is 1. The number of hydrogen-bond donors (Lipinski definition) is 1. The first kappa shape index (κ1) is 20.4.